The Morgan fingerprint density at radius 1 is 0.772 bits per heavy atom. The summed E-state index contributed by atoms with van der Waals surface area (Å²) in [6, 6.07) is 15.9. The summed E-state index contributed by atoms with van der Waals surface area (Å²) < 4.78 is 50.7. The molecular formula is C40H39Cl2F2N7O6. The monoisotopic (exact) mass is 821 g/mol. The minimum atomic E-state index is -0.575. The number of carbonyl (C=O) groups is 1. The van der Waals surface area contributed by atoms with Gasteiger partial charge in [0.15, 0.2) is 34.6 Å². The van der Waals surface area contributed by atoms with E-state index in [9.17, 15) is 18.7 Å². The fourth-order valence-electron chi connectivity index (χ4n) is 5.87. The Labute approximate surface area is 336 Å². The highest BCUT2D eigenvalue weighted by molar-refractivity contribution is 6.31. The lowest BCUT2D eigenvalue weighted by Gasteiger charge is -2.33. The second-order valence-electron chi connectivity index (χ2n) is 13.7. The van der Waals surface area contributed by atoms with Crippen LogP contribution in [0.4, 0.5) is 36.6 Å². The fourth-order valence-corrected chi connectivity index (χ4v) is 6.22. The van der Waals surface area contributed by atoms with Crippen molar-refractivity contribution in [3.63, 3.8) is 0 Å². The van der Waals surface area contributed by atoms with Crippen molar-refractivity contribution in [2.24, 2.45) is 0 Å². The molecule has 0 spiro atoms. The van der Waals surface area contributed by atoms with Crippen molar-refractivity contribution < 1.29 is 37.6 Å². The molecule has 57 heavy (non-hydrogen) atoms. The molecule has 3 heterocycles. The standard InChI is InChI=1S/C25H28ClFN4O4.C15H11ClFN3O2/c1-25(2,3)35-24(32)31-10-8-15(9-11-31)34-21-12-16-19(13-20(21)33-4)28-14-29-23(16)30-18-7-5-6-17(26)22(18)27;1-22-13-6-11-8(5-12(13)21)15(19-7-18-11)20-10-4-2-3-9(16)14(10)17/h5-7,12-15H,8-11H2,1-4H3,(H,28,29,30);2-7,21H,1H3,(H,18,19,20). The lowest BCUT2D eigenvalue weighted by molar-refractivity contribution is 0.0124. The summed E-state index contributed by atoms with van der Waals surface area (Å²) in [6.45, 7) is 6.60. The Bertz CT molecular complexity index is 2410. The Morgan fingerprint density at radius 3 is 1.79 bits per heavy atom. The van der Waals surface area contributed by atoms with Crippen LogP contribution in [-0.2, 0) is 4.74 Å². The number of nitrogens with one attached hydrogen (secondary N) is 2. The van der Waals surface area contributed by atoms with Gasteiger partial charge in [-0.15, -0.1) is 0 Å². The number of likely N-dealkylation sites (tertiary alicyclic amines) is 1. The molecule has 6 aromatic rings. The molecule has 0 radical (unpaired) electrons. The van der Waals surface area contributed by atoms with E-state index in [1.165, 1.54) is 38.0 Å². The van der Waals surface area contributed by atoms with E-state index in [1.54, 1.807) is 54.5 Å². The number of fused-ring (bicyclic) bond motifs is 2. The van der Waals surface area contributed by atoms with Crippen LogP contribution in [0.25, 0.3) is 21.8 Å². The SMILES string of the molecule is COc1cc2ncnc(Nc3cccc(Cl)c3F)c2cc1O.COc1cc2ncnc(Nc3cccc(Cl)c3F)c2cc1OC1CCN(C(=O)OC(C)(C)C)CC1. The molecule has 1 fully saturated rings. The van der Waals surface area contributed by atoms with Gasteiger partial charge < -0.3 is 39.6 Å². The first-order valence-electron chi connectivity index (χ1n) is 17.7. The lowest BCUT2D eigenvalue weighted by atomic mass is 10.1. The Morgan fingerprint density at radius 2 is 1.28 bits per heavy atom. The maximum Gasteiger partial charge on any atom is 0.410 e. The number of phenols is 1. The number of benzene rings is 4. The number of anilines is 4. The topological polar surface area (TPSA) is 153 Å². The first-order chi connectivity index (χ1) is 27.2. The van der Waals surface area contributed by atoms with E-state index >= 15 is 0 Å². The van der Waals surface area contributed by atoms with Crippen molar-refractivity contribution in [2.75, 3.05) is 37.9 Å². The number of hydrogen-bond acceptors (Lipinski definition) is 12. The first kappa shape index (κ1) is 40.7. The van der Waals surface area contributed by atoms with Gasteiger partial charge in [-0.05, 0) is 57.2 Å². The maximum absolute atomic E-state index is 14.5. The molecule has 1 amide bonds. The lowest BCUT2D eigenvalue weighted by Crippen LogP contribution is -2.44. The van der Waals surface area contributed by atoms with E-state index in [-0.39, 0.29) is 39.4 Å². The van der Waals surface area contributed by atoms with Crippen molar-refractivity contribution in [1.29, 1.82) is 0 Å². The number of methoxy groups -OCH3 is 2. The zero-order valence-electron chi connectivity index (χ0n) is 31.6. The predicted molar refractivity (Wildman–Crippen MR) is 215 cm³/mol. The Hall–Kier alpha value is -5.93. The van der Waals surface area contributed by atoms with E-state index in [2.05, 4.69) is 30.6 Å². The zero-order chi connectivity index (χ0) is 40.9. The first-order valence-corrected chi connectivity index (χ1v) is 18.4. The van der Waals surface area contributed by atoms with Crippen LogP contribution in [0.15, 0.2) is 73.3 Å². The second kappa shape index (κ2) is 17.5. The van der Waals surface area contributed by atoms with Gasteiger partial charge in [0.25, 0.3) is 0 Å². The van der Waals surface area contributed by atoms with Crippen LogP contribution in [0.5, 0.6) is 23.0 Å². The summed E-state index contributed by atoms with van der Waals surface area (Å²) in [4.78, 5) is 30.8. The zero-order valence-corrected chi connectivity index (χ0v) is 33.1. The fraction of sp³-hybridized carbons (Fsp3) is 0.275. The molecule has 0 saturated carbocycles. The van der Waals surface area contributed by atoms with Crippen LogP contribution < -0.4 is 24.8 Å². The third-order valence-electron chi connectivity index (χ3n) is 8.65. The molecule has 3 N–H and O–H groups in total. The van der Waals surface area contributed by atoms with Crippen molar-refractivity contribution in [1.82, 2.24) is 24.8 Å². The summed E-state index contributed by atoms with van der Waals surface area (Å²) in [5.74, 6) is 0.889. The van der Waals surface area contributed by atoms with Crippen molar-refractivity contribution in [3.8, 4) is 23.0 Å². The largest absolute Gasteiger partial charge is 0.504 e. The summed E-state index contributed by atoms with van der Waals surface area (Å²) in [6.07, 6.45) is 3.57. The molecule has 17 heteroatoms. The maximum atomic E-state index is 14.5. The molecule has 1 saturated heterocycles. The summed E-state index contributed by atoms with van der Waals surface area (Å²) >= 11 is 11.7. The number of carbonyl (C=O) groups excluding carboxylic acids is 1. The Kier molecular flexibility index (Phi) is 12.5. The molecule has 13 nitrogen and oxygen atoms in total. The minimum absolute atomic E-state index is 0.00729. The number of ether oxygens (including phenoxy) is 4. The van der Waals surface area contributed by atoms with E-state index < -0.39 is 17.2 Å². The predicted octanol–water partition coefficient (Wildman–Crippen LogP) is 9.83. The van der Waals surface area contributed by atoms with Crippen molar-refractivity contribution in [2.45, 2.75) is 45.3 Å². The molecule has 1 aliphatic heterocycles. The van der Waals surface area contributed by atoms with Crippen molar-refractivity contribution >= 4 is 74.1 Å². The highest BCUT2D eigenvalue weighted by atomic mass is 35.5. The van der Waals surface area contributed by atoms with Gasteiger partial charge >= 0.3 is 6.09 Å². The molecule has 4 aromatic carbocycles. The van der Waals surface area contributed by atoms with Gasteiger partial charge in [0.05, 0.1) is 46.7 Å². The number of nitrogens with zero attached hydrogens (tertiary/aromatic N) is 5. The normalized spacial score (nSPS) is 13.1. The van der Waals surface area contributed by atoms with Gasteiger partial charge in [-0.2, -0.15) is 0 Å². The number of hydrogen-bond donors (Lipinski definition) is 3. The third-order valence-corrected chi connectivity index (χ3v) is 9.24. The van der Waals surface area contributed by atoms with Gasteiger partial charge in [-0.3, -0.25) is 0 Å². The highest BCUT2D eigenvalue weighted by Gasteiger charge is 2.28. The van der Waals surface area contributed by atoms with E-state index in [1.807, 2.05) is 20.8 Å². The minimum Gasteiger partial charge on any atom is -0.504 e. The molecular weight excluding hydrogens is 783 g/mol. The van der Waals surface area contributed by atoms with Gasteiger partial charge in [0, 0.05) is 48.8 Å². The van der Waals surface area contributed by atoms with Crippen LogP contribution in [0.3, 0.4) is 0 Å². The van der Waals surface area contributed by atoms with Crippen molar-refractivity contribution in [3.05, 3.63) is 95.0 Å². The van der Waals surface area contributed by atoms with Gasteiger partial charge in [-0.25, -0.2) is 33.5 Å². The number of halogens is 4. The van der Waals surface area contributed by atoms with E-state index in [0.717, 1.165) is 0 Å². The molecule has 0 atom stereocenters. The highest BCUT2D eigenvalue weighted by Crippen LogP contribution is 2.38. The van der Waals surface area contributed by atoms with Gasteiger partial charge in [-0.1, -0.05) is 35.3 Å². The van der Waals surface area contributed by atoms with Crippen LogP contribution in [0.1, 0.15) is 33.6 Å². The average Bonchev–Trinajstić information content (AvgIpc) is 3.18. The molecule has 7 rings (SSSR count). The second-order valence-corrected chi connectivity index (χ2v) is 14.6. The number of aromatic nitrogens is 4. The molecule has 0 unspecified atom stereocenters. The van der Waals surface area contributed by atoms with E-state index in [0.29, 0.717) is 76.6 Å². The molecule has 1 aliphatic rings. The van der Waals surface area contributed by atoms with Crippen LogP contribution >= 0.6 is 23.2 Å². The van der Waals surface area contributed by atoms with E-state index in [4.69, 9.17) is 42.1 Å². The van der Waals surface area contributed by atoms with Crippen LogP contribution in [0.2, 0.25) is 10.0 Å². The number of rotatable bonds is 8. The molecule has 298 valence electrons. The summed E-state index contributed by atoms with van der Waals surface area (Å²) in [7, 11) is 3.00. The van der Waals surface area contributed by atoms with Crippen LogP contribution in [0, 0.1) is 11.6 Å². The van der Waals surface area contributed by atoms with Crippen LogP contribution in [-0.4, -0.2) is 75.0 Å². The summed E-state index contributed by atoms with van der Waals surface area (Å²) in [5.41, 5.74) is 1.00. The Balaban J connectivity index is 0.000000214. The quantitative estimate of drug-likeness (QED) is 0.134. The summed E-state index contributed by atoms with van der Waals surface area (Å²) in [5, 5.41) is 16.9. The molecule has 0 aliphatic carbocycles. The molecule has 0 bridgehead atoms. The third kappa shape index (κ3) is 9.73. The number of piperidine rings is 1. The smallest absolute Gasteiger partial charge is 0.410 e. The number of aromatic hydroxyl groups is 1. The number of phenolic OH excluding ortho intramolecular Hbond substituents is 1. The van der Waals surface area contributed by atoms with Gasteiger partial charge in [0.2, 0.25) is 0 Å². The average molecular weight is 823 g/mol. The van der Waals surface area contributed by atoms with Gasteiger partial charge in [0.1, 0.15) is 36.0 Å². The number of amides is 1. The molecule has 2 aromatic heterocycles.